The summed E-state index contributed by atoms with van der Waals surface area (Å²) in [4.78, 5) is 0. The van der Waals surface area contributed by atoms with Crippen LogP contribution in [-0.4, -0.2) is 6.54 Å². The summed E-state index contributed by atoms with van der Waals surface area (Å²) < 4.78 is 2.31. The van der Waals surface area contributed by atoms with Crippen LogP contribution in [0.5, 0.6) is 0 Å². The van der Waals surface area contributed by atoms with Crippen LogP contribution in [0.1, 0.15) is 12.0 Å². The van der Waals surface area contributed by atoms with Crippen molar-refractivity contribution in [2.24, 2.45) is 0 Å². The van der Waals surface area contributed by atoms with Gasteiger partial charge in [-0.25, -0.2) is 0 Å². The third-order valence-electron chi connectivity index (χ3n) is 2.79. The van der Waals surface area contributed by atoms with Crippen molar-refractivity contribution >= 4 is 10.9 Å². The number of nitrogens with zero attached hydrogens (tertiary/aromatic N) is 1. The molecule has 0 spiro atoms. The largest absolute Gasteiger partial charge is 1.00 e. The molecule has 1 aromatic heterocycles. The van der Waals surface area contributed by atoms with E-state index in [4.69, 9.17) is 0 Å². The third kappa shape index (κ3) is 3.76. The summed E-state index contributed by atoms with van der Waals surface area (Å²) in [6.45, 7) is 4.22. The molecule has 0 bridgehead atoms. The van der Waals surface area contributed by atoms with E-state index in [9.17, 15) is 0 Å². The molecule has 1 aromatic carbocycles. The van der Waals surface area contributed by atoms with Gasteiger partial charge in [-0.3, -0.25) is 0 Å². The van der Waals surface area contributed by atoms with Gasteiger partial charge >= 0.3 is 0 Å². The smallest absolute Gasteiger partial charge is 0.212 e. The third-order valence-corrected chi connectivity index (χ3v) is 2.79. The van der Waals surface area contributed by atoms with Crippen molar-refractivity contribution in [2.45, 2.75) is 19.9 Å². The van der Waals surface area contributed by atoms with E-state index in [2.05, 4.69) is 53.8 Å². The van der Waals surface area contributed by atoms with Gasteiger partial charge in [-0.15, -0.1) is 0 Å². The number of hydrogen-bond acceptors (Lipinski definition) is 0. The van der Waals surface area contributed by atoms with E-state index in [0.29, 0.717) is 0 Å². The SMILES string of the molecule is Cc1cc[n+](CCC[NH3+])c2ccccc12.[Br-].[Br-]. The van der Waals surface area contributed by atoms with E-state index in [1.165, 1.54) is 16.5 Å². The van der Waals surface area contributed by atoms with Crippen LogP contribution in [0.3, 0.4) is 0 Å². The fraction of sp³-hybridized carbons (Fsp3) is 0.308. The van der Waals surface area contributed by atoms with Crippen molar-refractivity contribution in [3.05, 3.63) is 42.1 Å². The van der Waals surface area contributed by atoms with E-state index in [-0.39, 0.29) is 34.0 Å². The van der Waals surface area contributed by atoms with Gasteiger partial charge in [0.05, 0.1) is 13.0 Å². The molecule has 94 valence electrons. The van der Waals surface area contributed by atoms with Gasteiger partial charge in [0.15, 0.2) is 12.7 Å². The Morgan fingerprint density at radius 3 is 2.53 bits per heavy atom. The topological polar surface area (TPSA) is 31.5 Å². The Morgan fingerprint density at radius 2 is 1.82 bits per heavy atom. The minimum absolute atomic E-state index is 0. The van der Waals surface area contributed by atoms with Gasteiger partial charge in [0.2, 0.25) is 5.52 Å². The predicted octanol–water partition coefficient (Wildman–Crippen LogP) is -4.92. The summed E-state index contributed by atoms with van der Waals surface area (Å²) >= 11 is 0. The summed E-state index contributed by atoms with van der Waals surface area (Å²) in [6, 6.07) is 10.8. The molecule has 0 atom stereocenters. The van der Waals surface area contributed by atoms with Crippen molar-refractivity contribution in [3.63, 3.8) is 0 Å². The highest BCUT2D eigenvalue weighted by atomic mass is 79.9. The van der Waals surface area contributed by atoms with Crippen molar-refractivity contribution in [1.29, 1.82) is 0 Å². The van der Waals surface area contributed by atoms with Gasteiger partial charge in [0.1, 0.15) is 0 Å². The normalized spacial score (nSPS) is 9.53. The second-order valence-corrected chi connectivity index (χ2v) is 3.92. The van der Waals surface area contributed by atoms with Crippen molar-refractivity contribution < 1.29 is 44.3 Å². The number of halogens is 2. The first kappa shape index (κ1) is 16.6. The highest BCUT2D eigenvalue weighted by molar-refractivity contribution is 5.78. The number of benzene rings is 1. The van der Waals surface area contributed by atoms with Crippen LogP contribution in [0.4, 0.5) is 0 Å². The van der Waals surface area contributed by atoms with Gasteiger partial charge in [-0.2, -0.15) is 4.57 Å². The van der Waals surface area contributed by atoms with Crippen molar-refractivity contribution in [3.8, 4) is 0 Å². The number of pyridine rings is 1. The van der Waals surface area contributed by atoms with Crippen LogP contribution >= 0.6 is 0 Å². The molecule has 0 amide bonds. The molecule has 0 unspecified atom stereocenters. The maximum Gasteiger partial charge on any atom is 0.212 e. The molecule has 17 heavy (non-hydrogen) atoms. The average molecular weight is 362 g/mol. The number of para-hydroxylation sites is 1. The molecule has 0 saturated heterocycles. The molecule has 3 N–H and O–H groups in total. The molecule has 0 aliphatic heterocycles. The Morgan fingerprint density at radius 1 is 1.12 bits per heavy atom. The maximum absolute atomic E-state index is 3.89. The minimum atomic E-state index is 0. The van der Waals surface area contributed by atoms with Gasteiger partial charge in [0, 0.05) is 17.5 Å². The lowest BCUT2D eigenvalue weighted by atomic mass is 10.1. The summed E-state index contributed by atoms with van der Waals surface area (Å²) in [6.07, 6.45) is 3.31. The quantitative estimate of drug-likeness (QED) is 0.531. The first-order chi connectivity index (χ1) is 7.33. The van der Waals surface area contributed by atoms with Crippen LogP contribution in [-0.2, 0) is 6.54 Å². The van der Waals surface area contributed by atoms with E-state index >= 15 is 0 Å². The summed E-state index contributed by atoms with van der Waals surface area (Å²) in [7, 11) is 0. The number of quaternary nitrogens is 1. The molecule has 0 aliphatic rings. The zero-order valence-corrected chi connectivity index (χ0v) is 13.2. The highest BCUT2D eigenvalue weighted by Gasteiger charge is 2.08. The zero-order chi connectivity index (χ0) is 10.7. The first-order valence-electron chi connectivity index (χ1n) is 5.50. The summed E-state index contributed by atoms with van der Waals surface area (Å²) in [5.74, 6) is 0. The molecule has 0 aliphatic carbocycles. The lowest BCUT2D eigenvalue weighted by Gasteiger charge is -2.02. The fourth-order valence-electron chi connectivity index (χ4n) is 1.91. The van der Waals surface area contributed by atoms with Gasteiger partial charge in [-0.05, 0) is 18.6 Å². The van der Waals surface area contributed by atoms with Gasteiger partial charge < -0.3 is 39.7 Å². The molecule has 2 rings (SSSR count). The first-order valence-corrected chi connectivity index (χ1v) is 5.50. The van der Waals surface area contributed by atoms with E-state index in [0.717, 1.165) is 19.5 Å². The van der Waals surface area contributed by atoms with E-state index in [1.807, 2.05) is 0 Å². The molecule has 1 heterocycles. The molecular formula is C13H18Br2N2. The number of aromatic nitrogens is 1. The number of aryl methyl sites for hydroxylation is 2. The monoisotopic (exact) mass is 360 g/mol. The second kappa shape index (κ2) is 7.80. The molecule has 2 aromatic rings. The molecule has 4 heteroatoms. The molecule has 0 radical (unpaired) electrons. The lowest BCUT2D eigenvalue weighted by molar-refractivity contribution is -0.674. The standard InChI is InChI=1S/C13H17N2.2BrH/c1-11-7-10-15(9-4-8-14)13-6-3-2-5-12(11)13;;/h2-3,5-7,10H,4,8-9,14H2,1H3;2*1H/q+1;;/p-1. The van der Waals surface area contributed by atoms with Gasteiger partial charge in [-0.1, -0.05) is 12.1 Å². The number of hydrogen-bond donors (Lipinski definition) is 1. The highest BCUT2D eigenvalue weighted by Crippen LogP contribution is 2.13. The number of fused-ring (bicyclic) bond motifs is 1. The summed E-state index contributed by atoms with van der Waals surface area (Å²) in [5.41, 5.74) is 6.55. The summed E-state index contributed by atoms with van der Waals surface area (Å²) in [5, 5.41) is 1.35. The minimum Gasteiger partial charge on any atom is -1.00 e. The van der Waals surface area contributed by atoms with Crippen LogP contribution in [0, 0.1) is 6.92 Å². The predicted molar refractivity (Wildman–Crippen MR) is 61.3 cm³/mol. The Kier molecular flexibility index (Phi) is 7.59. The molecule has 2 nitrogen and oxygen atoms in total. The van der Waals surface area contributed by atoms with Crippen LogP contribution in [0.15, 0.2) is 36.5 Å². The van der Waals surface area contributed by atoms with Crippen LogP contribution in [0.2, 0.25) is 0 Å². The molecule has 0 saturated carbocycles. The second-order valence-electron chi connectivity index (χ2n) is 3.92. The van der Waals surface area contributed by atoms with Gasteiger partial charge in [0.25, 0.3) is 0 Å². The maximum atomic E-state index is 3.89. The zero-order valence-electron chi connectivity index (χ0n) is 10.00. The fourth-order valence-corrected chi connectivity index (χ4v) is 1.91. The van der Waals surface area contributed by atoms with Crippen LogP contribution < -0.4 is 44.3 Å². The van der Waals surface area contributed by atoms with Crippen LogP contribution in [0.25, 0.3) is 10.9 Å². The Labute approximate surface area is 123 Å². The lowest BCUT2D eigenvalue weighted by Crippen LogP contribution is -3.00. The average Bonchev–Trinajstić information content (AvgIpc) is 2.29. The molecule has 0 fully saturated rings. The van der Waals surface area contributed by atoms with Crippen molar-refractivity contribution in [1.82, 2.24) is 0 Å². The Hall–Kier alpha value is -0.450. The number of rotatable bonds is 3. The Balaban J connectivity index is 0.00000128. The molecular weight excluding hydrogens is 344 g/mol. The van der Waals surface area contributed by atoms with Crippen molar-refractivity contribution in [2.75, 3.05) is 6.54 Å². The Bertz CT molecular complexity index is 472. The van der Waals surface area contributed by atoms with E-state index < -0.39 is 0 Å². The van der Waals surface area contributed by atoms with E-state index in [1.54, 1.807) is 0 Å².